The summed E-state index contributed by atoms with van der Waals surface area (Å²) in [4.78, 5) is 23.4. The van der Waals surface area contributed by atoms with Gasteiger partial charge < -0.3 is 10.4 Å². The molecular weight excluding hydrogens is 242 g/mol. The zero-order chi connectivity index (χ0) is 13.8. The van der Waals surface area contributed by atoms with E-state index in [1.807, 2.05) is 31.2 Å². The fourth-order valence-electron chi connectivity index (χ4n) is 2.61. The number of carboxylic acid groups (broad SMARTS) is 1. The van der Waals surface area contributed by atoms with Crippen LogP contribution in [0.25, 0.3) is 0 Å². The van der Waals surface area contributed by atoms with Crippen molar-refractivity contribution < 1.29 is 14.7 Å². The summed E-state index contributed by atoms with van der Waals surface area (Å²) in [6.45, 7) is 1.98. The SMILES string of the molecule is Cc1ccc(NC(=O)C2CCCCC2C(=O)O)cc1. The molecule has 1 aliphatic carbocycles. The number of anilines is 1. The Morgan fingerprint density at radius 3 is 2.26 bits per heavy atom. The maximum absolute atomic E-state index is 12.2. The first-order valence-corrected chi connectivity index (χ1v) is 6.68. The van der Waals surface area contributed by atoms with E-state index in [2.05, 4.69) is 5.32 Å². The molecule has 2 N–H and O–H groups in total. The molecule has 1 saturated carbocycles. The van der Waals surface area contributed by atoms with E-state index in [0.717, 1.165) is 24.1 Å². The van der Waals surface area contributed by atoms with E-state index in [9.17, 15) is 14.7 Å². The van der Waals surface area contributed by atoms with Crippen LogP contribution in [0, 0.1) is 18.8 Å². The summed E-state index contributed by atoms with van der Waals surface area (Å²) in [5.74, 6) is -1.98. The molecule has 0 aromatic heterocycles. The van der Waals surface area contributed by atoms with Gasteiger partial charge in [-0.3, -0.25) is 9.59 Å². The van der Waals surface area contributed by atoms with E-state index < -0.39 is 17.8 Å². The summed E-state index contributed by atoms with van der Waals surface area (Å²) < 4.78 is 0. The van der Waals surface area contributed by atoms with Gasteiger partial charge in [-0.1, -0.05) is 30.5 Å². The molecule has 0 spiro atoms. The highest BCUT2D eigenvalue weighted by Crippen LogP contribution is 2.31. The molecule has 4 nitrogen and oxygen atoms in total. The van der Waals surface area contributed by atoms with Crippen LogP contribution < -0.4 is 5.32 Å². The molecule has 0 aliphatic heterocycles. The summed E-state index contributed by atoms with van der Waals surface area (Å²) in [6, 6.07) is 7.52. The van der Waals surface area contributed by atoms with Crippen molar-refractivity contribution in [2.45, 2.75) is 32.6 Å². The number of benzene rings is 1. The van der Waals surface area contributed by atoms with E-state index in [1.54, 1.807) is 0 Å². The minimum atomic E-state index is -0.858. The van der Waals surface area contributed by atoms with Gasteiger partial charge >= 0.3 is 5.97 Å². The maximum atomic E-state index is 12.2. The van der Waals surface area contributed by atoms with Gasteiger partial charge in [-0.05, 0) is 31.9 Å². The van der Waals surface area contributed by atoms with Crippen molar-refractivity contribution in [2.24, 2.45) is 11.8 Å². The molecule has 0 saturated heterocycles. The van der Waals surface area contributed by atoms with Gasteiger partial charge in [-0.25, -0.2) is 0 Å². The van der Waals surface area contributed by atoms with Crippen LogP contribution in [0.3, 0.4) is 0 Å². The topological polar surface area (TPSA) is 66.4 Å². The quantitative estimate of drug-likeness (QED) is 0.879. The molecule has 1 fully saturated rings. The number of hydrogen-bond donors (Lipinski definition) is 2. The van der Waals surface area contributed by atoms with Crippen molar-refractivity contribution >= 4 is 17.6 Å². The lowest BCUT2D eigenvalue weighted by Crippen LogP contribution is -2.36. The lowest BCUT2D eigenvalue weighted by atomic mass is 9.78. The summed E-state index contributed by atoms with van der Waals surface area (Å²) in [6.07, 6.45) is 3.08. The van der Waals surface area contributed by atoms with Crippen molar-refractivity contribution in [1.29, 1.82) is 0 Å². The smallest absolute Gasteiger partial charge is 0.307 e. The fraction of sp³-hybridized carbons (Fsp3) is 0.467. The van der Waals surface area contributed by atoms with Crippen LogP contribution in [-0.4, -0.2) is 17.0 Å². The molecule has 4 heteroatoms. The van der Waals surface area contributed by atoms with E-state index >= 15 is 0 Å². The molecule has 0 heterocycles. The van der Waals surface area contributed by atoms with Gasteiger partial charge in [0, 0.05) is 5.69 Å². The Labute approximate surface area is 112 Å². The first-order chi connectivity index (χ1) is 9.08. The number of nitrogens with one attached hydrogen (secondary N) is 1. The van der Waals surface area contributed by atoms with E-state index in [-0.39, 0.29) is 5.91 Å². The highest BCUT2D eigenvalue weighted by molar-refractivity contribution is 5.95. The molecule has 19 heavy (non-hydrogen) atoms. The molecule has 1 amide bonds. The number of carboxylic acids is 1. The van der Waals surface area contributed by atoms with Crippen LogP contribution in [0.4, 0.5) is 5.69 Å². The average Bonchev–Trinajstić information content (AvgIpc) is 2.41. The van der Waals surface area contributed by atoms with Gasteiger partial charge in [0.25, 0.3) is 0 Å². The third kappa shape index (κ3) is 3.34. The Balaban J connectivity index is 2.05. The molecule has 2 unspecified atom stereocenters. The first-order valence-electron chi connectivity index (χ1n) is 6.68. The molecule has 2 atom stereocenters. The van der Waals surface area contributed by atoms with Crippen molar-refractivity contribution in [3.63, 3.8) is 0 Å². The second-order valence-corrected chi connectivity index (χ2v) is 5.19. The largest absolute Gasteiger partial charge is 0.481 e. The van der Waals surface area contributed by atoms with Crippen molar-refractivity contribution in [1.82, 2.24) is 0 Å². The standard InChI is InChI=1S/C15H19NO3/c1-10-6-8-11(9-7-10)16-14(17)12-4-2-3-5-13(12)15(18)19/h6-9,12-13H,2-5H2,1H3,(H,16,17)(H,18,19). The lowest BCUT2D eigenvalue weighted by molar-refractivity contribution is -0.147. The predicted molar refractivity (Wildman–Crippen MR) is 72.9 cm³/mol. The molecule has 0 bridgehead atoms. The molecule has 2 rings (SSSR count). The number of carbonyl (C=O) groups excluding carboxylic acids is 1. The summed E-state index contributed by atoms with van der Waals surface area (Å²) >= 11 is 0. The van der Waals surface area contributed by atoms with Crippen LogP contribution in [0.2, 0.25) is 0 Å². The molecular formula is C15H19NO3. The second-order valence-electron chi connectivity index (χ2n) is 5.19. The number of rotatable bonds is 3. The summed E-state index contributed by atoms with van der Waals surface area (Å²) in [5, 5.41) is 12.0. The van der Waals surface area contributed by atoms with Gasteiger partial charge in [0.05, 0.1) is 11.8 Å². The maximum Gasteiger partial charge on any atom is 0.307 e. The highest BCUT2D eigenvalue weighted by Gasteiger charge is 2.35. The number of amides is 1. The zero-order valence-electron chi connectivity index (χ0n) is 11.1. The van der Waals surface area contributed by atoms with Gasteiger partial charge in [-0.2, -0.15) is 0 Å². The van der Waals surface area contributed by atoms with Gasteiger partial charge in [0.1, 0.15) is 0 Å². The predicted octanol–water partition coefficient (Wildman–Crippen LogP) is 2.82. The Hall–Kier alpha value is -1.84. The Bertz CT molecular complexity index is 467. The zero-order valence-corrected chi connectivity index (χ0v) is 11.1. The highest BCUT2D eigenvalue weighted by atomic mass is 16.4. The van der Waals surface area contributed by atoms with E-state index in [1.165, 1.54) is 0 Å². The second kappa shape index (κ2) is 5.87. The molecule has 102 valence electrons. The monoisotopic (exact) mass is 261 g/mol. The number of aryl methyl sites for hydroxylation is 1. The lowest BCUT2D eigenvalue weighted by Gasteiger charge is -2.27. The molecule has 0 radical (unpaired) electrons. The van der Waals surface area contributed by atoms with Crippen LogP contribution in [-0.2, 0) is 9.59 Å². The van der Waals surface area contributed by atoms with Crippen molar-refractivity contribution in [2.75, 3.05) is 5.32 Å². The van der Waals surface area contributed by atoms with Crippen LogP contribution in [0.1, 0.15) is 31.2 Å². The van der Waals surface area contributed by atoms with Crippen LogP contribution in [0.15, 0.2) is 24.3 Å². The number of hydrogen-bond acceptors (Lipinski definition) is 2. The number of aliphatic carboxylic acids is 1. The molecule has 1 aliphatic rings. The summed E-state index contributed by atoms with van der Waals surface area (Å²) in [5.41, 5.74) is 1.85. The normalized spacial score (nSPS) is 22.8. The Morgan fingerprint density at radius 2 is 1.68 bits per heavy atom. The van der Waals surface area contributed by atoms with Gasteiger partial charge in [0.2, 0.25) is 5.91 Å². The Morgan fingerprint density at radius 1 is 1.11 bits per heavy atom. The van der Waals surface area contributed by atoms with Crippen molar-refractivity contribution in [3.8, 4) is 0 Å². The van der Waals surface area contributed by atoms with Crippen LogP contribution >= 0.6 is 0 Å². The Kier molecular flexibility index (Phi) is 4.20. The third-order valence-corrected chi connectivity index (χ3v) is 3.74. The van der Waals surface area contributed by atoms with Crippen molar-refractivity contribution in [3.05, 3.63) is 29.8 Å². The van der Waals surface area contributed by atoms with Crippen LogP contribution in [0.5, 0.6) is 0 Å². The van der Waals surface area contributed by atoms with Gasteiger partial charge in [-0.15, -0.1) is 0 Å². The minimum absolute atomic E-state index is 0.170. The minimum Gasteiger partial charge on any atom is -0.481 e. The summed E-state index contributed by atoms with van der Waals surface area (Å²) in [7, 11) is 0. The number of carbonyl (C=O) groups is 2. The average molecular weight is 261 g/mol. The van der Waals surface area contributed by atoms with E-state index in [0.29, 0.717) is 12.8 Å². The fourth-order valence-corrected chi connectivity index (χ4v) is 2.61. The molecule has 1 aromatic rings. The van der Waals surface area contributed by atoms with Gasteiger partial charge in [0.15, 0.2) is 0 Å². The third-order valence-electron chi connectivity index (χ3n) is 3.74. The first kappa shape index (κ1) is 13.6. The van der Waals surface area contributed by atoms with E-state index in [4.69, 9.17) is 0 Å². The molecule has 1 aromatic carbocycles.